The highest BCUT2D eigenvalue weighted by atomic mass is 16.5. The van der Waals surface area contributed by atoms with Crippen LogP contribution in [0.15, 0.2) is 28.7 Å². The number of hydrogen-bond donors (Lipinski definition) is 1. The summed E-state index contributed by atoms with van der Waals surface area (Å²) in [5, 5.41) is 10.4. The Balaban J connectivity index is 1.70. The third-order valence-corrected chi connectivity index (χ3v) is 4.12. The first-order chi connectivity index (χ1) is 11.1. The zero-order valence-corrected chi connectivity index (χ0v) is 12.4. The van der Waals surface area contributed by atoms with Crippen LogP contribution in [0.3, 0.4) is 0 Å². The van der Waals surface area contributed by atoms with Crippen molar-refractivity contribution >= 4 is 11.9 Å². The van der Waals surface area contributed by atoms with Gasteiger partial charge in [0.15, 0.2) is 5.54 Å². The highest BCUT2D eigenvalue weighted by Crippen LogP contribution is 2.41. The summed E-state index contributed by atoms with van der Waals surface area (Å²) < 4.78 is 10.9. The molecule has 3 amide bonds. The molecule has 1 aromatic carbocycles. The van der Waals surface area contributed by atoms with E-state index in [0.29, 0.717) is 30.2 Å². The molecule has 2 aromatic rings. The van der Waals surface area contributed by atoms with Crippen molar-refractivity contribution in [2.45, 2.75) is 25.4 Å². The van der Waals surface area contributed by atoms with Gasteiger partial charge in [-0.3, -0.25) is 9.69 Å². The summed E-state index contributed by atoms with van der Waals surface area (Å²) in [4.78, 5) is 26.4. The van der Waals surface area contributed by atoms with Gasteiger partial charge >= 0.3 is 6.03 Å². The van der Waals surface area contributed by atoms with E-state index in [1.54, 1.807) is 19.1 Å². The minimum atomic E-state index is -1.08. The fraction of sp³-hybridized carbons (Fsp3) is 0.333. The Bertz CT molecular complexity index is 802. The molecule has 8 heteroatoms. The summed E-state index contributed by atoms with van der Waals surface area (Å²) in [6.45, 7) is 1.96. The van der Waals surface area contributed by atoms with Crippen molar-refractivity contribution in [1.29, 1.82) is 0 Å². The number of aromatic nitrogens is 2. The van der Waals surface area contributed by atoms with E-state index in [-0.39, 0.29) is 18.3 Å². The SMILES string of the molecule is Cc1nnc(CN2C(=O)N[C@]3(CCOc4ccccc43)C2=O)o1. The molecule has 0 aliphatic carbocycles. The average molecular weight is 314 g/mol. The van der Waals surface area contributed by atoms with E-state index in [0.717, 1.165) is 4.90 Å². The second-order valence-electron chi connectivity index (χ2n) is 5.54. The number of rotatable bonds is 2. The molecule has 3 heterocycles. The number of nitrogens with one attached hydrogen (secondary N) is 1. The molecule has 8 nitrogen and oxygen atoms in total. The molecular formula is C15H14N4O4. The Labute approximate surface area is 131 Å². The van der Waals surface area contributed by atoms with Crippen LogP contribution in [-0.4, -0.2) is 33.6 Å². The second kappa shape index (κ2) is 4.80. The van der Waals surface area contributed by atoms with Crippen molar-refractivity contribution < 1.29 is 18.7 Å². The van der Waals surface area contributed by atoms with Crippen molar-refractivity contribution in [1.82, 2.24) is 20.4 Å². The molecule has 0 unspecified atom stereocenters. The maximum absolute atomic E-state index is 13.0. The van der Waals surface area contributed by atoms with Gasteiger partial charge in [0.1, 0.15) is 12.3 Å². The maximum Gasteiger partial charge on any atom is 0.325 e. The number of ether oxygens (including phenoxy) is 1. The standard InChI is InChI=1S/C15H14N4O4/c1-9-17-18-12(23-9)8-19-13(20)15(16-14(19)21)6-7-22-11-5-3-2-4-10(11)15/h2-5H,6-8H2,1H3,(H,16,21)/t15-/m0/s1. The number of nitrogens with zero attached hydrogens (tertiary/aromatic N) is 3. The number of para-hydroxylation sites is 1. The summed E-state index contributed by atoms with van der Waals surface area (Å²) in [6, 6.07) is 6.77. The monoisotopic (exact) mass is 314 g/mol. The Morgan fingerprint density at radius 2 is 2.13 bits per heavy atom. The molecule has 2 aliphatic rings. The number of fused-ring (bicyclic) bond motifs is 2. The lowest BCUT2D eigenvalue weighted by Gasteiger charge is -2.33. The summed E-state index contributed by atoms with van der Waals surface area (Å²) in [6.07, 6.45) is 0.383. The zero-order valence-electron chi connectivity index (χ0n) is 12.4. The highest BCUT2D eigenvalue weighted by molar-refractivity contribution is 6.07. The van der Waals surface area contributed by atoms with Crippen LogP contribution in [0.25, 0.3) is 0 Å². The van der Waals surface area contributed by atoms with Crippen molar-refractivity contribution in [3.63, 3.8) is 0 Å². The quantitative estimate of drug-likeness (QED) is 0.834. The molecule has 23 heavy (non-hydrogen) atoms. The van der Waals surface area contributed by atoms with Crippen LogP contribution in [0.5, 0.6) is 5.75 Å². The Morgan fingerprint density at radius 1 is 1.30 bits per heavy atom. The topological polar surface area (TPSA) is 97.6 Å². The second-order valence-corrected chi connectivity index (χ2v) is 5.54. The molecule has 1 N–H and O–H groups in total. The van der Waals surface area contributed by atoms with Gasteiger partial charge in [0.2, 0.25) is 11.8 Å². The Hall–Kier alpha value is -2.90. The van der Waals surface area contributed by atoms with Crippen LogP contribution < -0.4 is 10.1 Å². The van der Waals surface area contributed by atoms with E-state index < -0.39 is 11.6 Å². The first kappa shape index (κ1) is 13.7. The van der Waals surface area contributed by atoms with Crippen molar-refractivity contribution in [3.05, 3.63) is 41.6 Å². The Kier molecular flexibility index (Phi) is 2.87. The number of aryl methyl sites for hydroxylation is 1. The molecule has 1 spiro atoms. The number of hydrogen-bond acceptors (Lipinski definition) is 6. The van der Waals surface area contributed by atoms with Crippen LogP contribution in [0.2, 0.25) is 0 Å². The predicted molar refractivity (Wildman–Crippen MR) is 76.3 cm³/mol. The fourth-order valence-electron chi connectivity index (χ4n) is 3.05. The third kappa shape index (κ3) is 1.98. The molecule has 4 rings (SSSR count). The van der Waals surface area contributed by atoms with Gasteiger partial charge < -0.3 is 14.5 Å². The summed E-state index contributed by atoms with van der Waals surface area (Å²) in [5.41, 5.74) is -0.408. The zero-order chi connectivity index (χ0) is 16.0. The van der Waals surface area contributed by atoms with Crippen molar-refractivity contribution in [3.8, 4) is 5.75 Å². The summed E-state index contributed by atoms with van der Waals surface area (Å²) in [7, 11) is 0. The lowest BCUT2D eigenvalue weighted by atomic mass is 9.84. The first-order valence-corrected chi connectivity index (χ1v) is 7.25. The molecule has 118 valence electrons. The number of amides is 3. The number of urea groups is 1. The lowest BCUT2D eigenvalue weighted by molar-refractivity contribution is -0.133. The number of benzene rings is 1. The smallest absolute Gasteiger partial charge is 0.325 e. The van der Waals surface area contributed by atoms with Crippen LogP contribution in [0, 0.1) is 6.92 Å². The Morgan fingerprint density at radius 3 is 2.91 bits per heavy atom. The van der Waals surface area contributed by atoms with Crippen LogP contribution >= 0.6 is 0 Å². The predicted octanol–water partition coefficient (Wildman–Crippen LogP) is 1.11. The molecule has 1 saturated heterocycles. The van der Waals surface area contributed by atoms with Crippen molar-refractivity contribution in [2.75, 3.05) is 6.61 Å². The average Bonchev–Trinajstić information content (AvgIpc) is 3.06. The molecule has 2 aliphatic heterocycles. The maximum atomic E-state index is 13.0. The van der Waals surface area contributed by atoms with Gasteiger partial charge in [0.05, 0.1) is 6.61 Å². The van der Waals surface area contributed by atoms with Crippen LogP contribution in [-0.2, 0) is 16.9 Å². The van der Waals surface area contributed by atoms with Gasteiger partial charge in [-0.15, -0.1) is 10.2 Å². The van der Waals surface area contributed by atoms with E-state index in [4.69, 9.17) is 9.15 Å². The van der Waals surface area contributed by atoms with Gasteiger partial charge in [-0.05, 0) is 6.07 Å². The molecule has 1 fully saturated rings. The van der Waals surface area contributed by atoms with Crippen LogP contribution in [0.1, 0.15) is 23.8 Å². The largest absolute Gasteiger partial charge is 0.493 e. The molecule has 1 atom stereocenters. The molecule has 1 aromatic heterocycles. The lowest BCUT2D eigenvalue weighted by Crippen LogP contribution is -2.47. The van der Waals surface area contributed by atoms with Gasteiger partial charge in [-0.25, -0.2) is 4.79 Å². The number of carbonyl (C=O) groups excluding carboxylic acids is 2. The summed E-state index contributed by atoms with van der Waals surface area (Å²) in [5.74, 6) is 0.901. The van der Waals surface area contributed by atoms with E-state index in [1.165, 1.54) is 0 Å². The molecular weight excluding hydrogens is 300 g/mol. The van der Waals surface area contributed by atoms with Gasteiger partial charge in [0.25, 0.3) is 5.91 Å². The van der Waals surface area contributed by atoms with Gasteiger partial charge in [-0.1, -0.05) is 18.2 Å². The van der Waals surface area contributed by atoms with Crippen molar-refractivity contribution in [2.24, 2.45) is 0 Å². The molecule has 0 saturated carbocycles. The third-order valence-electron chi connectivity index (χ3n) is 4.12. The number of carbonyl (C=O) groups is 2. The van der Waals surface area contributed by atoms with E-state index in [2.05, 4.69) is 15.5 Å². The fourth-order valence-corrected chi connectivity index (χ4v) is 3.05. The minimum absolute atomic E-state index is 0.0454. The first-order valence-electron chi connectivity index (χ1n) is 7.25. The van der Waals surface area contributed by atoms with Gasteiger partial charge in [0, 0.05) is 18.9 Å². The normalized spacial score (nSPS) is 22.9. The summed E-state index contributed by atoms with van der Waals surface area (Å²) >= 11 is 0. The van der Waals surface area contributed by atoms with E-state index in [9.17, 15) is 9.59 Å². The molecule has 0 radical (unpaired) electrons. The number of imide groups is 1. The van der Waals surface area contributed by atoms with E-state index >= 15 is 0 Å². The molecule has 0 bridgehead atoms. The van der Waals surface area contributed by atoms with Gasteiger partial charge in [-0.2, -0.15) is 0 Å². The van der Waals surface area contributed by atoms with Crippen LogP contribution in [0.4, 0.5) is 4.79 Å². The minimum Gasteiger partial charge on any atom is -0.493 e. The van der Waals surface area contributed by atoms with E-state index in [1.807, 2.05) is 12.1 Å². The highest BCUT2D eigenvalue weighted by Gasteiger charge is 2.55.